The van der Waals surface area contributed by atoms with Crippen molar-refractivity contribution in [3.8, 4) is 0 Å². The maximum atomic E-state index is 10.2. The van der Waals surface area contributed by atoms with E-state index in [4.69, 9.17) is 5.11 Å². The molecule has 0 saturated heterocycles. The van der Waals surface area contributed by atoms with E-state index in [2.05, 4.69) is 21.1 Å². The van der Waals surface area contributed by atoms with Crippen molar-refractivity contribution in [2.24, 2.45) is 10.2 Å². The first-order valence-corrected chi connectivity index (χ1v) is 7.99. The summed E-state index contributed by atoms with van der Waals surface area (Å²) in [5.74, 6) is 0. The molecule has 0 fully saturated rings. The van der Waals surface area contributed by atoms with Crippen LogP contribution in [0.15, 0.2) is 70.9 Å². The van der Waals surface area contributed by atoms with E-state index in [-0.39, 0.29) is 5.71 Å². The Morgan fingerprint density at radius 2 is 1.42 bits per heavy atom. The Kier molecular flexibility index (Phi) is 7.72. The SMILES string of the molecule is OC[C@@H](O)[C@@H](O)[C@@H](O)C(/C=N\Nc1ccccc1)=N\Nc1ccccc1. The Balaban J connectivity index is 2.14. The molecule has 2 aromatic carbocycles. The molecule has 0 aromatic heterocycles. The molecular weight excluding hydrogens is 336 g/mol. The van der Waals surface area contributed by atoms with E-state index in [9.17, 15) is 15.3 Å². The number of nitrogens with zero attached hydrogens (tertiary/aromatic N) is 2. The Hall–Kier alpha value is -2.78. The van der Waals surface area contributed by atoms with Gasteiger partial charge in [-0.15, -0.1) is 0 Å². The zero-order valence-electron chi connectivity index (χ0n) is 14.0. The molecule has 0 bridgehead atoms. The number of aliphatic hydroxyl groups excluding tert-OH is 4. The van der Waals surface area contributed by atoms with Crippen molar-refractivity contribution in [3.05, 3.63) is 60.7 Å². The third-order valence-corrected chi connectivity index (χ3v) is 3.46. The Labute approximate surface area is 151 Å². The van der Waals surface area contributed by atoms with Crippen molar-refractivity contribution in [2.45, 2.75) is 18.3 Å². The first kappa shape index (κ1) is 19.5. The highest BCUT2D eigenvalue weighted by atomic mass is 16.4. The molecule has 0 aliphatic heterocycles. The van der Waals surface area contributed by atoms with Gasteiger partial charge >= 0.3 is 0 Å². The van der Waals surface area contributed by atoms with Gasteiger partial charge in [-0.2, -0.15) is 10.2 Å². The molecule has 138 valence electrons. The number of hydrogen-bond acceptors (Lipinski definition) is 8. The van der Waals surface area contributed by atoms with Gasteiger partial charge in [0.15, 0.2) is 0 Å². The van der Waals surface area contributed by atoms with Gasteiger partial charge < -0.3 is 20.4 Å². The van der Waals surface area contributed by atoms with Crippen LogP contribution in [-0.4, -0.2) is 57.3 Å². The second kappa shape index (κ2) is 10.3. The second-order valence-electron chi connectivity index (χ2n) is 5.44. The fraction of sp³-hybridized carbons (Fsp3) is 0.222. The molecule has 8 heteroatoms. The molecule has 0 unspecified atom stereocenters. The van der Waals surface area contributed by atoms with E-state index in [1.807, 2.05) is 36.4 Å². The molecule has 0 radical (unpaired) electrons. The summed E-state index contributed by atoms with van der Waals surface area (Å²) < 4.78 is 0. The van der Waals surface area contributed by atoms with Crippen LogP contribution >= 0.6 is 0 Å². The summed E-state index contributed by atoms with van der Waals surface area (Å²) in [6, 6.07) is 18.1. The molecule has 8 nitrogen and oxygen atoms in total. The van der Waals surface area contributed by atoms with Gasteiger partial charge in [0.1, 0.15) is 24.0 Å². The number of aliphatic hydroxyl groups is 4. The molecule has 0 aliphatic rings. The molecule has 0 saturated carbocycles. The lowest BCUT2D eigenvalue weighted by atomic mass is 10.0. The number of hydrogen-bond donors (Lipinski definition) is 6. The largest absolute Gasteiger partial charge is 0.394 e. The summed E-state index contributed by atoms with van der Waals surface area (Å²) >= 11 is 0. The normalized spacial score (nSPS) is 15.5. The lowest BCUT2D eigenvalue weighted by Crippen LogP contribution is -2.44. The van der Waals surface area contributed by atoms with Crippen molar-refractivity contribution in [1.82, 2.24) is 0 Å². The minimum absolute atomic E-state index is 0.0303. The van der Waals surface area contributed by atoms with E-state index >= 15 is 0 Å². The average Bonchev–Trinajstić information content (AvgIpc) is 2.70. The fourth-order valence-electron chi connectivity index (χ4n) is 1.99. The van der Waals surface area contributed by atoms with E-state index in [1.165, 1.54) is 6.21 Å². The summed E-state index contributed by atoms with van der Waals surface area (Å²) in [7, 11) is 0. The first-order valence-electron chi connectivity index (χ1n) is 7.99. The molecule has 0 spiro atoms. The Morgan fingerprint density at radius 1 is 0.885 bits per heavy atom. The smallest absolute Gasteiger partial charge is 0.128 e. The third-order valence-electron chi connectivity index (χ3n) is 3.46. The highest BCUT2D eigenvalue weighted by Gasteiger charge is 2.27. The fourth-order valence-corrected chi connectivity index (χ4v) is 1.99. The van der Waals surface area contributed by atoms with E-state index in [0.717, 1.165) is 5.69 Å². The molecule has 2 aromatic rings. The van der Waals surface area contributed by atoms with Crippen LogP contribution in [0, 0.1) is 0 Å². The standard InChI is InChI=1S/C18H22N4O4/c23-12-16(24)18(26)17(25)15(22-21-14-9-5-2-6-10-14)11-19-20-13-7-3-1-4-8-13/h1-11,16-18,20-21,23-26H,12H2/b19-11-,22-15-/t16-,17+,18-/m1/s1. The van der Waals surface area contributed by atoms with Gasteiger partial charge in [-0.25, -0.2) is 0 Å². The van der Waals surface area contributed by atoms with E-state index in [1.54, 1.807) is 24.3 Å². The summed E-state index contributed by atoms with van der Waals surface area (Å²) in [5, 5.41) is 46.7. The predicted octanol–water partition coefficient (Wildman–Crippen LogP) is 0.627. The molecular formula is C18H22N4O4. The highest BCUT2D eigenvalue weighted by Crippen LogP contribution is 2.08. The quantitative estimate of drug-likeness (QED) is 0.288. The van der Waals surface area contributed by atoms with Crippen molar-refractivity contribution in [1.29, 1.82) is 0 Å². The number of anilines is 2. The van der Waals surface area contributed by atoms with E-state index < -0.39 is 24.9 Å². The summed E-state index contributed by atoms with van der Waals surface area (Å²) in [5.41, 5.74) is 6.87. The highest BCUT2D eigenvalue weighted by molar-refractivity contribution is 6.33. The lowest BCUT2D eigenvalue weighted by Gasteiger charge is -2.21. The van der Waals surface area contributed by atoms with Gasteiger partial charge in [0, 0.05) is 0 Å². The lowest BCUT2D eigenvalue weighted by molar-refractivity contribution is -0.0548. The van der Waals surface area contributed by atoms with Crippen LogP contribution in [0.1, 0.15) is 0 Å². The maximum absolute atomic E-state index is 10.2. The number of nitrogens with one attached hydrogen (secondary N) is 2. The summed E-state index contributed by atoms with van der Waals surface area (Å²) in [6.07, 6.45) is -3.47. The summed E-state index contributed by atoms with van der Waals surface area (Å²) in [4.78, 5) is 0. The van der Waals surface area contributed by atoms with Gasteiger partial charge in [0.2, 0.25) is 0 Å². The average molecular weight is 358 g/mol. The number of hydrazone groups is 2. The van der Waals surface area contributed by atoms with Gasteiger partial charge in [-0.05, 0) is 24.3 Å². The van der Waals surface area contributed by atoms with Gasteiger partial charge in [0.05, 0.1) is 24.2 Å². The minimum Gasteiger partial charge on any atom is -0.394 e. The molecule has 2 rings (SSSR count). The Bertz CT molecular complexity index is 710. The van der Waals surface area contributed by atoms with Crippen LogP contribution in [0.3, 0.4) is 0 Å². The van der Waals surface area contributed by atoms with Crippen molar-refractivity contribution < 1.29 is 20.4 Å². The minimum atomic E-state index is -1.63. The monoisotopic (exact) mass is 358 g/mol. The van der Waals surface area contributed by atoms with Crippen LogP contribution < -0.4 is 10.9 Å². The van der Waals surface area contributed by atoms with E-state index in [0.29, 0.717) is 5.69 Å². The number of para-hydroxylation sites is 2. The number of benzene rings is 2. The topological polar surface area (TPSA) is 130 Å². The summed E-state index contributed by atoms with van der Waals surface area (Å²) in [6.45, 7) is -0.697. The van der Waals surface area contributed by atoms with Crippen molar-refractivity contribution in [2.75, 3.05) is 17.5 Å². The van der Waals surface area contributed by atoms with Crippen molar-refractivity contribution in [3.63, 3.8) is 0 Å². The third kappa shape index (κ3) is 5.94. The molecule has 26 heavy (non-hydrogen) atoms. The zero-order valence-corrected chi connectivity index (χ0v) is 14.0. The van der Waals surface area contributed by atoms with Crippen LogP contribution in [-0.2, 0) is 0 Å². The predicted molar refractivity (Wildman–Crippen MR) is 101 cm³/mol. The first-order chi connectivity index (χ1) is 12.6. The van der Waals surface area contributed by atoms with Crippen LogP contribution in [0.2, 0.25) is 0 Å². The van der Waals surface area contributed by atoms with Crippen LogP contribution in [0.25, 0.3) is 0 Å². The van der Waals surface area contributed by atoms with Gasteiger partial charge in [-0.1, -0.05) is 36.4 Å². The zero-order chi connectivity index (χ0) is 18.8. The molecule has 6 N–H and O–H groups in total. The van der Waals surface area contributed by atoms with Crippen molar-refractivity contribution >= 4 is 23.3 Å². The van der Waals surface area contributed by atoms with Crippen LogP contribution in [0.4, 0.5) is 11.4 Å². The maximum Gasteiger partial charge on any atom is 0.128 e. The second-order valence-corrected chi connectivity index (χ2v) is 5.44. The molecule has 0 amide bonds. The Morgan fingerprint density at radius 3 is 1.96 bits per heavy atom. The molecule has 3 atom stereocenters. The van der Waals surface area contributed by atoms with Crippen LogP contribution in [0.5, 0.6) is 0 Å². The number of rotatable bonds is 9. The molecule has 0 aliphatic carbocycles. The van der Waals surface area contributed by atoms with Gasteiger partial charge in [-0.3, -0.25) is 10.9 Å². The van der Waals surface area contributed by atoms with Gasteiger partial charge in [0.25, 0.3) is 0 Å². The molecule has 0 heterocycles.